The molecule has 1 atom stereocenters. The fourth-order valence-electron chi connectivity index (χ4n) is 4.40. The molecule has 5 rings (SSSR count). The molecule has 0 bridgehead atoms. The third-order valence-electron chi connectivity index (χ3n) is 6.15. The summed E-state index contributed by atoms with van der Waals surface area (Å²) in [6.45, 7) is 2.52. The van der Waals surface area contributed by atoms with E-state index >= 15 is 0 Å². The minimum absolute atomic E-state index is 0.149. The lowest BCUT2D eigenvalue weighted by molar-refractivity contribution is -0.138. The Kier molecular flexibility index (Phi) is 6.12. The quantitative estimate of drug-likeness (QED) is 0.370. The lowest BCUT2D eigenvalue weighted by Crippen LogP contribution is -2.45. The Labute approximate surface area is 196 Å². The predicted molar refractivity (Wildman–Crippen MR) is 125 cm³/mol. The smallest absolute Gasteiger partial charge is 0.338 e. The van der Waals surface area contributed by atoms with Crippen molar-refractivity contribution in [3.05, 3.63) is 60.6 Å². The maximum Gasteiger partial charge on any atom is 0.338 e. The molecular formula is C26H25N3O5. The second-order valence-corrected chi connectivity index (χ2v) is 8.30. The number of amides is 1. The molecule has 0 N–H and O–H groups in total. The monoisotopic (exact) mass is 459 g/mol. The summed E-state index contributed by atoms with van der Waals surface area (Å²) in [5.41, 5.74) is 2.44. The van der Waals surface area contributed by atoms with Crippen LogP contribution in [0.15, 0.2) is 63.8 Å². The van der Waals surface area contributed by atoms with Crippen molar-refractivity contribution in [1.82, 2.24) is 14.9 Å². The molecule has 8 nitrogen and oxygen atoms in total. The van der Waals surface area contributed by atoms with E-state index in [1.54, 1.807) is 55.0 Å². The van der Waals surface area contributed by atoms with Crippen molar-refractivity contribution in [2.24, 2.45) is 0 Å². The van der Waals surface area contributed by atoms with E-state index in [1.165, 1.54) is 0 Å². The summed E-state index contributed by atoms with van der Waals surface area (Å²) in [4.78, 5) is 36.6. The van der Waals surface area contributed by atoms with Gasteiger partial charge in [-0.1, -0.05) is 6.92 Å². The van der Waals surface area contributed by atoms with Gasteiger partial charge in [0.25, 0.3) is 5.91 Å². The Morgan fingerprint density at radius 1 is 1.00 bits per heavy atom. The van der Waals surface area contributed by atoms with Crippen LogP contribution in [-0.4, -0.2) is 45.9 Å². The number of fused-ring (bicyclic) bond motifs is 1. The number of ether oxygens (including phenoxy) is 1. The van der Waals surface area contributed by atoms with Crippen LogP contribution in [0.4, 0.5) is 0 Å². The molecule has 0 saturated carbocycles. The fraction of sp³-hybridized carbons (Fsp3) is 0.308. The highest BCUT2D eigenvalue weighted by atomic mass is 16.5. The Balaban J connectivity index is 1.39. The van der Waals surface area contributed by atoms with E-state index in [0.29, 0.717) is 46.0 Å². The Bertz CT molecular complexity index is 1300. The number of piperidine rings is 1. The Hall–Kier alpha value is -3.94. The molecule has 0 radical (unpaired) electrons. The van der Waals surface area contributed by atoms with E-state index < -0.39 is 5.97 Å². The predicted octanol–water partition coefficient (Wildman–Crippen LogP) is 5.10. The van der Waals surface area contributed by atoms with Gasteiger partial charge >= 0.3 is 5.97 Å². The van der Waals surface area contributed by atoms with Crippen molar-refractivity contribution in [2.75, 3.05) is 13.2 Å². The van der Waals surface area contributed by atoms with Crippen LogP contribution in [0.1, 0.15) is 43.0 Å². The maximum atomic E-state index is 12.7. The van der Waals surface area contributed by atoms with Gasteiger partial charge in [-0.15, -0.1) is 0 Å². The van der Waals surface area contributed by atoms with E-state index in [1.807, 2.05) is 4.90 Å². The topological polar surface area (TPSA) is 98.7 Å². The summed E-state index contributed by atoms with van der Waals surface area (Å²) in [5, 5.41) is 0. The van der Waals surface area contributed by atoms with Crippen molar-refractivity contribution < 1.29 is 23.2 Å². The van der Waals surface area contributed by atoms with E-state index in [2.05, 4.69) is 6.92 Å². The normalized spacial score (nSPS) is 16.0. The summed E-state index contributed by atoms with van der Waals surface area (Å²) in [7, 11) is 0. The van der Waals surface area contributed by atoms with Crippen molar-refractivity contribution in [3.63, 3.8) is 0 Å². The molecule has 0 aliphatic carbocycles. The van der Waals surface area contributed by atoms with Crippen molar-refractivity contribution >= 4 is 22.9 Å². The fourth-order valence-corrected chi connectivity index (χ4v) is 4.40. The number of hydrogen-bond acceptors (Lipinski definition) is 7. The number of nitrogens with zero attached hydrogens (tertiary/aromatic N) is 3. The number of likely N-dealkylation sites (tertiary alicyclic amines) is 1. The maximum absolute atomic E-state index is 12.7. The van der Waals surface area contributed by atoms with Crippen LogP contribution in [-0.2, 0) is 9.53 Å². The summed E-state index contributed by atoms with van der Waals surface area (Å²) in [6.07, 6.45) is 7.14. The van der Waals surface area contributed by atoms with Gasteiger partial charge in [0.1, 0.15) is 11.4 Å². The van der Waals surface area contributed by atoms with E-state index in [0.717, 1.165) is 25.7 Å². The van der Waals surface area contributed by atoms with Crippen LogP contribution in [0.3, 0.4) is 0 Å². The highest BCUT2D eigenvalue weighted by Crippen LogP contribution is 2.31. The second kappa shape index (κ2) is 9.51. The van der Waals surface area contributed by atoms with Gasteiger partial charge in [-0.25, -0.2) is 14.8 Å². The van der Waals surface area contributed by atoms with Gasteiger partial charge in [0, 0.05) is 12.6 Å². The summed E-state index contributed by atoms with van der Waals surface area (Å²) < 4.78 is 16.4. The SMILES string of the molecule is CCC1CCCCN1C(=O)COC(=O)c1ccc2nc(-c3ccco3)c(-c3ccco3)nc2c1. The Morgan fingerprint density at radius 3 is 2.35 bits per heavy atom. The molecule has 1 saturated heterocycles. The lowest BCUT2D eigenvalue weighted by atomic mass is 10.00. The second-order valence-electron chi connectivity index (χ2n) is 8.30. The molecular weight excluding hydrogens is 434 g/mol. The molecule has 1 aromatic carbocycles. The molecule has 1 fully saturated rings. The lowest BCUT2D eigenvalue weighted by Gasteiger charge is -2.35. The summed E-state index contributed by atoms with van der Waals surface area (Å²) in [5.74, 6) is 0.373. The van der Waals surface area contributed by atoms with E-state index in [-0.39, 0.29) is 18.6 Å². The van der Waals surface area contributed by atoms with Crippen LogP contribution in [0.5, 0.6) is 0 Å². The number of hydrogen-bond donors (Lipinski definition) is 0. The number of benzene rings is 1. The molecule has 1 unspecified atom stereocenters. The van der Waals surface area contributed by atoms with E-state index in [9.17, 15) is 9.59 Å². The number of aromatic nitrogens is 2. The first-order valence-corrected chi connectivity index (χ1v) is 11.5. The van der Waals surface area contributed by atoms with Crippen LogP contribution in [0.25, 0.3) is 33.9 Å². The largest absolute Gasteiger partial charge is 0.463 e. The minimum Gasteiger partial charge on any atom is -0.463 e. The van der Waals surface area contributed by atoms with Crippen LogP contribution >= 0.6 is 0 Å². The van der Waals surface area contributed by atoms with Crippen LogP contribution in [0.2, 0.25) is 0 Å². The van der Waals surface area contributed by atoms with Gasteiger partial charge in [-0.05, 0) is 68.1 Å². The molecule has 3 aromatic heterocycles. The van der Waals surface area contributed by atoms with Gasteiger partial charge in [-0.2, -0.15) is 0 Å². The first kappa shape index (κ1) is 21.9. The van der Waals surface area contributed by atoms with Crippen molar-refractivity contribution in [3.8, 4) is 22.9 Å². The number of furan rings is 2. The van der Waals surface area contributed by atoms with Crippen molar-refractivity contribution in [1.29, 1.82) is 0 Å². The number of rotatable bonds is 6. The number of carbonyl (C=O) groups is 2. The standard InChI is InChI=1S/C26H25N3O5/c1-2-18-7-3-4-12-29(18)23(30)16-34-26(31)17-10-11-19-20(15-17)28-25(22-9-6-14-33-22)24(27-19)21-8-5-13-32-21/h5-6,8-11,13-15,18H,2-4,7,12,16H2,1H3. The first-order chi connectivity index (χ1) is 16.6. The molecule has 34 heavy (non-hydrogen) atoms. The molecule has 4 heterocycles. The van der Waals surface area contributed by atoms with Crippen LogP contribution < -0.4 is 0 Å². The average Bonchev–Trinajstić information content (AvgIpc) is 3.61. The Morgan fingerprint density at radius 2 is 1.71 bits per heavy atom. The first-order valence-electron chi connectivity index (χ1n) is 11.5. The van der Waals surface area contributed by atoms with Gasteiger partial charge < -0.3 is 18.5 Å². The molecule has 1 aliphatic rings. The number of esters is 1. The number of carbonyl (C=O) groups excluding carboxylic acids is 2. The van der Waals surface area contributed by atoms with Gasteiger partial charge in [0.15, 0.2) is 18.1 Å². The zero-order valence-corrected chi connectivity index (χ0v) is 18.9. The molecule has 0 spiro atoms. The highest BCUT2D eigenvalue weighted by Gasteiger charge is 2.26. The summed E-state index contributed by atoms with van der Waals surface area (Å²) in [6, 6.07) is 12.3. The average molecular weight is 460 g/mol. The van der Waals surface area contributed by atoms with Crippen LogP contribution in [0, 0.1) is 0 Å². The molecule has 8 heteroatoms. The van der Waals surface area contributed by atoms with Gasteiger partial charge in [-0.3, -0.25) is 4.79 Å². The van der Waals surface area contributed by atoms with E-state index in [4.69, 9.17) is 23.5 Å². The van der Waals surface area contributed by atoms with Gasteiger partial charge in [0.2, 0.25) is 0 Å². The molecule has 4 aromatic rings. The third-order valence-corrected chi connectivity index (χ3v) is 6.15. The zero-order valence-electron chi connectivity index (χ0n) is 18.9. The van der Waals surface area contributed by atoms with Crippen molar-refractivity contribution in [2.45, 2.75) is 38.6 Å². The zero-order chi connectivity index (χ0) is 23.5. The van der Waals surface area contributed by atoms with Gasteiger partial charge in [0.05, 0.1) is 29.1 Å². The summed E-state index contributed by atoms with van der Waals surface area (Å²) >= 11 is 0. The minimum atomic E-state index is -0.572. The highest BCUT2D eigenvalue weighted by molar-refractivity contribution is 5.95. The third kappa shape index (κ3) is 4.31. The molecule has 1 aliphatic heterocycles. The molecule has 1 amide bonds. The molecule has 174 valence electrons.